The molecule has 2 aromatic rings. The monoisotopic (exact) mass is 397 g/mol. The van der Waals surface area contributed by atoms with Gasteiger partial charge in [-0.2, -0.15) is 0 Å². The maximum Gasteiger partial charge on any atom is 0.191 e. The van der Waals surface area contributed by atoms with Gasteiger partial charge in [0.2, 0.25) is 0 Å². The summed E-state index contributed by atoms with van der Waals surface area (Å²) >= 11 is 3.39. The van der Waals surface area contributed by atoms with Crippen LogP contribution in [0.1, 0.15) is 25.2 Å². The Morgan fingerprint density at radius 3 is 2.83 bits per heavy atom. The molecule has 1 heterocycles. The molecule has 1 aromatic carbocycles. The molecule has 0 aliphatic carbocycles. The molecule has 130 valence electrons. The lowest BCUT2D eigenvalue weighted by Gasteiger charge is -2.22. The quantitative estimate of drug-likeness (QED) is 0.517. The van der Waals surface area contributed by atoms with Crippen LogP contribution in [0.2, 0.25) is 0 Å². The highest BCUT2D eigenvalue weighted by molar-refractivity contribution is 9.10. The molecule has 1 aromatic heterocycles. The van der Waals surface area contributed by atoms with Crippen LogP contribution in [0.3, 0.4) is 0 Å². The van der Waals surface area contributed by atoms with Crippen molar-refractivity contribution in [1.82, 2.24) is 10.6 Å². The minimum absolute atomic E-state index is 0.219. The van der Waals surface area contributed by atoms with Gasteiger partial charge >= 0.3 is 0 Å². The Hall–Kier alpha value is -1.86. The Bertz CT molecular complexity index is 687. The number of benzene rings is 1. The van der Waals surface area contributed by atoms with E-state index in [1.54, 1.807) is 25.1 Å². The second kappa shape index (κ2) is 8.30. The Labute approximate surface area is 149 Å². The molecule has 5 nitrogen and oxygen atoms in total. The smallest absolute Gasteiger partial charge is 0.191 e. The zero-order chi connectivity index (χ0) is 17.6. The summed E-state index contributed by atoms with van der Waals surface area (Å²) in [5.41, 5.74) is -0.427. The van der Waals surface area contributed by atoms with Crippen molar-refractivity contribution in [2.75, 3.05) is 13.1 Å². The maximum absolute atomic E-state index is 13.3. The van der Waals surface area contributed by atoms with Crippen molar-refractivity contribution in [2.24, 2.45) is 4.99 Å². The van der Waals surface area contributed by atoms with Gasteiger partial charge < -0.3 is 20.2 Å². The molecule has 7 heteroatoms. The van der Waals surface area contributed by atoms with Crippen molar-refractivity contribution in [3.05, 3.63) is 58.2 Å². The standard InChI is InChI=1S/C17H21BrFN3O2/c1-3-20-16(21-10-12-9-13(19)6-7-14(12)18)22-11-17(2,23)15-5-4-8-24-15/h4-9,23H,3,10-11H2,1-2H3,(H2,20,21,22). The summed E-state index contributed by atoms with van der Waals surface area (Å²) in [6.07, 6.45) is 1.52. The maximum atomic E-state index is 13.3. The Balaban J connectivity index is 2.04. The fourth-order valence-corrected chi connectivity index (χ4v) is 2.47. The first-order valence-electron chi connectivity index (χ1n) is 7.65. The van der Waals surface area contributed by atoms with Gasteiger partial charge in [-0.25, -0.2) is 9.38 Å². The summed E-state index contributed by atoms with van der Waals surface area (Å²) in [6.45, 7) is 4.79. The van der Waals surface area contributed by atoms with Crippen molar-refractivity contribution < 1.29 is 13.9 Å². The van der Waals surface area contributed by atoms with E-state index in [1.807, 2.05) is 6.92 Å². The molecule has 1 unspecified atom stereocenters. The fraction of sp³-hybridized carbons (Fsp3) is 0.353. The van der Waals surface area contributed by atoms with Crippen LogP contribution in [0.4, 0.5) is 4.39 Å². The van der Waals surface area contributed by atoms with Gasteiger partial charge in [0.25, 0.3) is 0 Å². The third kappa shape index (κ3) is 5.07. The van der Waals surface area contributed by atoms with E-state index in [1.165, 1.54) is 18.4 Å². The van der Waals surface area contributed by atoms with Crippen LogP contribution in [0, 0.1) is 5.82 Å². The van der Waals surface area contributed by atoms with Gasteiger partial charge in [0, 0.05) is 11.0 Å². The predicted molar refractivity (Wildman–Crippen MR) is 95.2 cm³/mol. The number of hydrogen-bond acceptors (Lipinski definition) is 3. The number of aliphatic hydroxyl groups is 1. The van der Waals surface area contributed by atoms with Gasteiger partial charge in [-0.15, -0.1) is 0 Å². The molecular formula is C17H21BrFN3O2. The normalized spacial score (nSPS) is 14.3. The summed E-state index contributed by atoms with van der Waals surface area (Å²) in [7, 11) is 0. The van der Waals surface area contributed by atoms with E-state index in [9.17, 15) is 9.50 Å². The van der Waals surface area contributed by atoms with Crippen molar-refractivity contribution in [3.8, 4) is 0 Å². The molecule has 24 heavy (non-hydrogen) atoms. The summed E-state index contributed by atoms with van der Waals surface area (Å²) in [5, 5.41) is 16.6. The van der Waals surface area contributed by atoms with E-state index in [4.69, 9.17) is 4.42 Å². The molecule has 3 N–H and O–H groups in total. The molecule has 0 aliphatic rings. The van der Waals surface area contributed by atoms with Crippen molar-refractivity contribution in [1.29, 1.82) is 0 Å². The van der Waals surface area contributed by atoms with Gasteiger partial charge in [-0.1, -0.05) is 15.9 Å². The van der Waals surface area contributed by atoms with Crippen LogP contribution in [-0.4, -0.2) is 24.2 Å². The number of furan rings is 1. The first-order chi connectivity index (χ1) is 11.4. The molecule has 0 fully saturated rings. The molecule has 2 rings (SSSR count). The molecule has 0 aliphatic heterocycles. The summed E-state index contributed by atoms with van der Waals surface area (Å²) in [4.78, 5) is 4.43. The molecular weight excluding hydrogens is 377 g/mol. The van der Waals surface area contributed by atoms with Crippen LogP contribution in [0.5, 0.6) is 0 Å². The molecule has 0 amide bonds. The molecule has 0 bridgehead atoms. The van der Waals surface area contributed by atoms with Gasteiger partial charge in [-0.3, -0.25) is 0 Å². The van der Waals surface area contributed by atoms with Crippen LogP contribution in [0.25, 0.3) is 0 Å². The number of halogens is 2. The average Bonchev–Trinajstić information content (AvgIpc) is 3.08. The highest BCUT2D eigenvalue weighted by Crippen LogP contribution is 2.20. The van der Waals surface area contributed by atoms with E-state index in [0.717, 1.165) is 10.0 Å². The Morgan fingerprint density at radius 1 is 1.38 bits per heavy atom. The van der Waals surface area contributed by atoms with Crippen LogP contribution in [0.15, 0.2) is 50.5 Å². The van der Waals surface area contributed by atoms with Crippen molar-refractivity contribution in [3.63, 3.8) is 0 Å². The average molecular weight is 398 g/mol. The third-order valence-corrected chi connectivity index (χ3v) is 4.19. The predicted octanol–water partition coefficient (Wildman–Crippen LogP) is 3.14. The number of rotatable bonds is 6. The highest BCUT2D eigenvalue weighted by atomic mass is 79.9. The van der Waals surface area contributed by atoms with Gasteiger partial charge in [0.15, 0.2) is 5.96 Å². The lowest BCUT2D eigenvalue weighted by Crippen LogP contribution is -2.44. The number of nitrogens with zero attached hydrogens (tertiary/aromatic N) is 1. The van der Waals surface area contributed by atoms with E-state index in [0.29, 0.717) is 24.8 Å². The molecule has 0 radical (unpaired) electrons. The number of nitrogens with one attached hydrogen (secondary N) is 2. The topological polar surface area (TPSA) is 69.8 Å². The van der Waals surface area contributed by atoms with Gasteiger partial charge in [0.1, 0.15) is 17.2 Å². The Morgan fingerprint density at radius 2 is 2.17 bits per heavy atom. The molecule has 1 atom stereocenters. The van der Waals surface area contributed by atoms with Crippen molar-refractivity contribution >= 4 is 21.9 Å². The highest BCUT2D eigenvalue weighted by Gasteiger charge is 2.26. The van der Waals surface area contributed by atoms with E-state index >= 15 is 0 Å². The largest absolute Gasteiger partial charge is 0.466 e. The first-order valence-corrected chi connectivity index (χ1v) is 8.44. The second-order valence-electron chi connectivity index (χ2n) is 5.54. The van der Waals surface area contributed by atoms with Crippen LogP contribution < -0.4 is 10.6 Å². The fourth-order valence-electron chi connectivity index (χ4n) is 2.10. The number of guanidine groups is 1. The SMILES string of the molecule is CCNC(=NCc1cc(F)ccc1Br)NCC(C)(O)c1ccco1. The summed E-state index contributed by atoms with van der Waals surface area (Å²) in [5.74, 6) is 0.696. The second-order valence-corrected chi connectivity index (χ2v) is 6.39. The minimum Gasteiger partial charge on any atom is -0.466 e. The van der Waals surface area contributed by atoms with Gasteiger partial charge in [-0.05, 0) is 49.7 Å². The summed E-state index contributed by atoms with van der Waals surface area (Å²) < 4.78 is 19.4. The van der Waals surface area contributed by atoms with E-state index in [2.05, 4.69) is 31.6 Å². The zero-order valence-corrected chi connectivity index (χ0v) is 15.2. The lowest BCUT2D eigenvalue weighted by atomic mass is 10.0. The number of hydrogen-bond donors (Lipinski definition) is 3. The van der Waals surface area contributed by atoms with E-state index < -0.39 is 5.60 Å². The first kappa shape index (κ1) is 18.5. The Kier molecular flexibility index (Phi) is 6.39. The minimum atomic E-state index is -1.17. The third-order valence-electron chi connectivity index (χ3n) is 3.41. The zero-order valence-electron chi connectivity index (χ0n) is 13.6. The van der Waals surface area contributed by atoms with E-state index in [-0.39, 0.29) is 12.4 Å². The summed E-state index contributed by atoms with van der Waals surface area (Å²) in [6, 6.07) is 7.93. The van der Waals surface area contributed by atoms with Gasteiger partial charge in [0.05, 0.1) is 19.4 Å². The molecule has 0 saturated carbocycles. The molecule has 0 spiro atoms. The van der Waals surface area contributed by atoms with Crippen LogP contribution >= 0.6 is 15.9 Å². The number of aliphatic imine (C=N–C) groups is 1. The van der Waals surface area contributed by atoms with Crippen LogP contribution in [-0.2, 0) is 12.1 Å². The molecule has 0 saturated heterocycles. The lowest BCUT2D eigenvalue weighted by molar-refractivity contribution is 0.0386. The van der Waals surface area contributed by atoms with Crippen molar-refractivity contribution in [2.45, 2.75) is 26.0 Å².